The lowest BCUT2D eigenvalue weighted by atomic mass is 10.1. The van der Waals surface area contributed by atoms with Crippen LogP contribution in [0.5, 0.6) is 0 Å². The summed E-state index contributed by atoms with van der Waals surface area (Å²) in [6.07, 6.45) is 2.80. The Morgan fingerprint density at radius 1 is 1.27 bits per heavy atom. The summed E-state index contributed by atoms with van der Waals surface area (Å²) in [5.74, 6) is 0.813. The third-order valence-corrected chi connectivity index (χ3v) is 6.52. The van der Waals surface area contributed by atoms with E-state index in [1.807, 2.05) is 26.2 Å². The van der Waals surface area contributed by atoms with Crippen molar-refractivity contribution in [1.82, 2.24) is 14.9 Å². The number of amides is 2. The fourth-order valence-electron chi connectivity index (χ4n) is 3.30. The van der Waals surface area contributed by atoms with E-state index in [1.54, 1.807) is 40.9 Å². The number of hydrogen-bond donors (Lipinski definition) is 1. The monoisotopic (exact) mass is 441 g/mol. The third kappa shape index (κ3) is 5.12. The van der Waals surface area contributed by atoms with Crippen LogP contribution in [0.2, 0.25) is 0 Å². The Balaban J connectivity index is 1.62. The molecule has 0 aliphatic carbocycles. The summed E-state index contributed by atoms with van der Waals surface area (Å²) < 4.78 is 0. The molecule has 9 heteroatoms. The van der Waals surface area contributed by atoms with E-state index in [4.69, 9.17) is 5.26 Å². The molecule has 156 valence electrons. The zero-order valence-corrected chi connectivity index (χ0v) is 18.8. The fraction of sp³-hybridized carbons (Fsp3) is 0.381. The molecule has 7 nitrogen and oxygen atoms in total. The number of rotatable bonds is 6. The van der Waals surface area contributed by atoms with E-state index in [9.17, 15) is 9.59 Å². The zero-order chi connectivity index (χ0) is 21.7. The van der Waals surface area contributed by atoms with Crippen LogP contribution < -0.4 is 5.32 Å². The SMILES string of the molecule is CSc1nc(C)c(CCC(=O)N2CSCC2C(=O)Nc2ccc(C#N)cc2)c(C)n1. The van der Waals surface area contributed by atoms with E-state index in [2.05, 4.69) is 15.3 Å². The van der Waals surface area contributed by atoms with Crippen LogP contribution >= 0.6 is 23.5 Å². The minimum absolute atomic E-state index is 0.0484. The van der Waals surface area contributed by atoms with Gasteiger partial charge in [0.05, 0.1) is 17.5 Å². The predicted molar refractivity (Wildman–Crippen MR) is 119 cm³/mol. The minimum atomic E-state index is -0.504. The van der Waals surface area contributed by atoms with Crippen molar-refractivity contribution >= 4 is 41.0 Å². The summed E-state index contributed by atoms with van der Waals surface area (Å²) in [5, 5.41) is 12.5. The van der Waals surface area contributed by atoms with E-state index >= 15 is 0 Å². The molecule has 0 bridgehead atoms. The number of nitrogens with one attached hydrogen (secondary N) is 1. The number of hydrogen-bond acceptors (Lipinski definition) is 7. The molecule has 0 saturated carbocycles. The van der Waals surface area contributed by atoms with Crippen molar-refractivity contribution in [1.29, 1.82) is 5.26 Å². The normalized spacial score (nSPS) is 15.7. The van der Waals surface area contributed by atoms with Gasteiger partial charge in [0.25, 0.3) is 0 Å². The lowest BCUT2D eigenvalue weighted by Crippen LogP contribution is -2.44. The molecule has 1 fully saturated rings. The van der Waals surface area contributed by atoms with Crippen molar-refractivity contribution in [2.75, 3.05) is 23.2 Å². The maximum Gasteiger partial charge on any atom is 0.248 e. The molecule has 3 rings (SSSR count). The van der Waals surface area contributed by atoms with Gasteiger partial charge in [-0.25, -0.2) is 9.97 Å². The second kappa shape index (κ2) is 9.96. The lowest BCUT2D eigenvalue weighted by Gasteiger charge is -2.23. The Bertz CT molecular complexity index is 965. The van der Waals surface area contributed by atoms with Crippen LogP contribution in [0.1, 0.15) is 28.9 Å². The van der Waals surface area contributed by atoms with Gasteiger partial charge in [0.15, 0.2) is 5.16 Å². The molecule has 1 aromatic carbocycles. The Labute approximate surface area is 184 Å². The number of thioether (sulfide) groups is 2. The summed E-state index contributed by atoms with van der Waals surface area (Å²) in [6.45, 7) is 3.88. The first-order valence-corrected chi connectivity index (χ1v) is 11.9. The van der Waals surface area contributed by atoms with Crippen molar-refractivity contribution < 1.29 is 9.59 Å². The van der Waals surface area contributed by atoms with Gasteiger partial charge in [0, 0.05) is 29.2 Å². The maximum absolute atomic E-state index is 12.9. The molecule has 1 unspecified atom stereocenters. The number of carbonyl (C=O) groups excluding carboxylic acids is 2. The topological polar surface area (TPSA) is 99.0 Å². The number of nitrogens with zero attached hydrogens (tertiary/aromatic N) is 4. The highest BCUT2D eigenvalue weighted by molar-refractivity contribution is 7.99. The van der Waals surface area contributed by atoms with Crippen molar-refractivity contribution in [3.05, 3.63) is 46.8 Å². The van der Waals surface area contributed by atoms with Crippen LogP contribution in [0.3, 0.4) is 0 Å². The number of aryl methyl sites for hydroxylation is 2. The molecule has 30 heavy (non-hydrogen) atoms. The van der Waals surface area contributed by atoms with E-state index in [-0.39, 0.29) is 11.8 Å². The van der Waals surface area contributed by atoms with Crippen LogP contribution in [0.4, 0.5) is 5.69 Å². The second-order valence-electron chi connectivity index (χ2n) is 6.92. The quantitative estimate of drug-likeness (QED) is 0.543. The molecule has 1 N–H and O–H groups in total. The first-order valence-electron chi connectivity index (χ1n) is 9.49. The minimum Gasteiger partial charge on any atom is -0.324 e. The highest BCUT2D eigenvalue weighted by Crippen LogP contribution is 2.24. The molecule has 0 spiro atoms. The Morgan fingerprint density at radius 3 is 2.53 bits per heavy atom. The summed E-state index contributed by atoms with van der Waals surface area (Å²) in [5.41, 5.74) is 3.92. The number of nitriles is 1. The van der Waals surface area contributed by atoms with Gasteiger partial charge in [-0.2, -0.15) is 5.26 Å². The summed E-state index contributed by atoms with van der Waals surface area (Å²) in [4.78, 5) is 36.2. The molecule has 1 aliphatic heterocycles. The van der Waals surface area contributed by atoms with Crippen LogP contribution in [0.25, 0.3) is 0 Å². The molecule has 1 atom stereocenters. The summed E-state index contributed by atoms with van der Waals surface area (Å²) >= 11 is 3.07. The average Bonchev–Trinajstić information content (AvgIpc) is 3.23. The molecule has 1 saturated heterocycles. The van der Waals surface area contributed by atoms with Crippen molar-refractivity contribution in [3.63, 3.8) is 0 Å². The van der Waals surface area contributed by atoms with Crippen LogP contribution in [0, 0.1) is 25.2 Å². The number of anilines is 1. The fourth-order valence-corrected chi connectivity index (χ4v) is 4.93. The van der Waals surface area contributed by atoms with Gasteiger partial charge in [0.1, 0.15) is 6.04 Å². The maximum atomic E-state index is 12.9. The molecule has 1 aromatic heterocycles. The third-order valence-electron chi connectivity index (χ3n) is 4.96. The van der Waals surface area contributed by atoms with E-state index in [1.165, 1.54) is 11.8 Å². The van der Waals surface area contributed by atoms with E-state index < -0.39 is 6.04 Å². The van der Waals surface area contributed by atoms with Crippen LogP contribution in [-0.4, -0.2) is 50.6 Å². The zero-order valence-electron chi connectivity index (χ0n) is 17.1. The molecule has 0 radical (unpaired) electrons. The first-order chi connectivity index (χ1) is 14.4. The predicted octanol–water partition coefficient (Wildman–Crippen LogP) is 3.16. The Kier molecular flexibility index (Phi) is 7.34. The van der Waals surface area contributed by atoms with Gasteiger partial charge in [0.2, 0.25) is 11.8 Å². The van der Waals surface area contributed by atoms with E-state index in [0.717, 1.165) is 22.1 Å². The molecule has 1 aliphatic rings. The van der Waals surface area contributed by atoms with Gasteiger partial charge >= 0.3 is 0 Å². The van der Waals surface area contributed by atoms with Crippen molar-refractivity contribution in [2.45, 2.75) is 37.9 Å². The van der Waals surface area contributed by atoms with Crippen molar-refractivity contribution in [3.8, 4) is 6.07 Å². The Morgan fingerprint density at radius 2 is 1.93 bits per heavy atom. The van der Waals surface area contributed by atoms with Crippen LogP contribution in [-0.2, 0) is 16.0 Å². The molecule has 2 amide bonds. The molecular formula is C21H23N5O2S2. The molecule has 2 heterocycles. The highest BCUT2D eigenvalue weighted by atomic mass is 32.2. The number of aromatic nitrogens is 2. The van der Waals surface area contributed by atoms with Gasteiger partial charge in [-0.15, -0.1) is 11.8 Å². The second-order valence-corrected chi connectivity index (χ2v) is 8.69. The largest absolute Gasteiger partial charge is 0.324 e. The van der Waals surface area contributed by atoms with E-state index in [0.29, 0.717) is 35.7 Å². The van der Waals surface area contributed by atoms with Gasteiger partial charge in [-0.3, -0.25) is 9.59 Å². The Hall–Kier alpha value is -2.57. The smallest absolute Gasteiger partial charge is 0.248 e. The number of benzene rings is 1. The highest BCUT2D eigenvalue weighted by Gasteiger charge is 2.34. The van der Waals surface area contributed by atoms with Gasteiger partial charge in [-0.1, -0.05) is 11.8 Å². The van der Waals surface area contributed by atoms with Gasteiger partial charge in [-0.05, 0) is 56.4 Å². The van der Waals surface area contributed by atoms with Gasteiger partial charge < -0.3 is 10.2 Å². The molecule has 2 aromatic rings. The lowest BCUT2D eigenvalue weighted by molar-refractivity contribution is -0.136. The summed E-state index contributed by atoms with van der Waals surface area (Å²) in [7, 11) is 0. The van der Waals surface area contributed by atoms with Crippen LogP contribution in [0.15, 0.2) is 29.4 Å². The van der Waals surface area contributed by atoms with Crippen molar-refractivity contribution in [2.24, 2.45) is 0 Å². The standard InChI is InChI=1S/C21H23N5O2S2/c1-13-17(14(2)24-21(23-13)29-3)8-9-19(27)26-12-30-11-18(26)20(28)25-16-6-4-15(10-22)5-7-16/h4-7,18H,8-9,11-12H2,1-3H3,(H,25,28). The average molecular weight is 442 g/mol. The number of carbonyl (C=O) groups is 2. The first kappa shape index (κ1) is 22.1. The molecular weight excluding hydrogens is 418 g/mol. The summed E-state index contributed by atoms with van der Waals surface area (Å²) in [6, 6.07) is 8.22.